The molecule has 0 unspecified atom stereocenters. The van der Waals surface area contributed by atoms with Gasteiger partial charge >= 0.3 is 0 Å². The lowest BCUT2D eigenvalue weighted by atomic mass is 10.2. The first kappa shape index (κ1) is 17.6. The number of nitrogens with zero attached hydrogens (tertiary/aromatic N) is 1. The van der Waals surface area contributed by atoms with E-state index >= 15 is 0 Å². The Morgan fingerprint density at radius 3 is 2.72 bits per heavy atom. The van der Waals surface area contributed by atoms with Gasteiger partial charge in [0.1, 0.15) is 10.8 Å². The summed E-state index contributed by atoms with van der Waals surface area (Å²) >= 11 is 3.08. The van der Waals surface area contributed by atoms with Gasteiger partial charge < -0.3 is 5.32 Å². The molecule has 3 nitrogen and oxygen atoms in total. The minimum Gasteiger partial charge on any atom is -0.325 e. The van der Waals surface area contributed by atoms with Crippen LogP contribution in [-0.2, 0) is 17.0 Å². The van der Waals surface area contributed by atoms with E-state index in [1.165, 1.54) is 23.5 Å². The number of carbonyl (C=O) groups is 1. The van der Waals surface area contributed by atoms with Crippen LogP contribution >= 0.6 is 23.1 Å². The first-order chi connectivity index (χ1) is 12.1. The Balaban J connectivity index is 1.53. The van der Waals surface area contributed by atoms with Crippen molar-refractivity contribution in [3.8, 4) is 0 Å². The van der Waals surface area contributed by atoms with Crippen LogP contribution in [0.4, 0.5) is 10.1 Å². The Morgan fingerprint density at radius 2 is 1.96 bits per heavy atom. The van der Waals surface area contributed by atoms with E-state index in [0.717, 1.165) is 26.8 Å². The minimum atomic E-state index is -0.236. The highest BCUT2D eigenvalue weighted by molar-refractivity contribution is 7.98. The van der Waals surface area contributed by atoms with Gasteiger partial charge in [-0.25, -0.2) is 9.37 Å². The maximum absolute atomic E-state index is 12.9. The van der Waals surface area contributed by atoms with Crippen LogP contribution in [0.25, 0.3) is 0 Å². The van der Waals surface area contributed by atoms with Gasteiger partial charge in [-0.05, 0) is 42.8 Å². The summed E-state index contributed by atoms with van der Waals surface area (Å²) in [6.45, 7) is 1.96. The van der Waals surface area contributed by atoms with E-state index in [-0.39, 0.29) is 18.1 Å². The van der Waals surface area contributed by atoms with Gasteiger partial charge in [0.15, 0.2) is 0 Å². The second kappa shape index (κ2) is 8.27. The number of aryl methyl sites for hydroxylation is 1. The van der Waals surface area contributed by atoms with Crippen molar-refractivity contribution < 1.29 is 9.18 Å². The number of para-hydroxylation sites is 1. The molecule has 128 valence electrons. The van der Waals surface area contributed by atoms with Crippen LogP contribution < -0.4 is 5.32 Å². The van der Waals surface area contributed by atoms with E-state index in [2.05, 4.69) is 10.3 Å². The van der Waals surface area contributed by atoms with E-state index < -0.39 is 0 Å². The molecule has 0 atom stereocenters. The largest absolute Gasteiger partial charge is 0.325 e. The SMILES string of the molecule is Cc1ccccc1NC(=O)Cc1nc(CSc2ccc(F)cc2)cs1. The van der Waals surface area contributed by atoms with Crippen LogP contribution in [0, 0.1) is 12.7 Å². The molecule has 1 N–H and O–H groups in total. The van der Waals surface area contributed by atoms with Crippen molar-refractivity contribution >= 4 is 34.7 Å². The number of amides is 1. The maximum atomic E-state index is 12.9. The summed E-state index contributed by atoms with van der Waals surface area (Å²) < 4.78 is 12.9. The lowest BCUT2D eigenvalue weighted by molar-refractivity contribution is -0.115. The predicted octanol–water partition coefficient (Wildman–Crippen LogP) is 5.06. The van der Waals surface area contributed by atoms with Crippen LogP contribution in [-0.4, -0.2) is 10.9 Å². The number of hydrogen-bond donors (Lipinski definition) is 1. The molecule has 1 amide bonds. The first-order valence-electron chi connectivity index (χ1n) is 7.77. The summed E-state index contributed by atoms with van der Waals surface area (Å²) in [6, 6.07) is 14.1. The number of thioether (sulfide) groups is 1. The van der Waals surface area contributed by atoms with Crippen LogP contribution in [0.3, 0.4) is 0 Å². The zero-order valence-corrected chi connectivity index (χ0v) is 15.3. The van der Waals surface area contributed by atoms with Crippen molar-refractivity contribution in [3.63, 3.8) is 0 Å². The van der Waals surface area contributed by atoms with E-state index in [0.29, 0.717) is 5.75 Å². The first-order valence-corrected chi connectivity index (χ1v) is 9.64. The lowest BCUT2D eigenvalue weighted by Crippen LogP contribution is -2.15. The monoisotopic (exact) mass is 372 g/mol. The number of anilines is 1. The maximum Gasteiger partial charge on any atom is 0.231 e. The zero-order chi connectivity index (χ0) is 17.6. The number of rotatable bonds is 6. The Hall–Kier alpha value is -2.18. The van der Waals surface area contributed by atoms with Crippen molar-refractivity contribution in [2.75, 3.05) is 5.32 Å². The van der Waals surface area contributed by atoms with Gasteiger partial charge in [0.05, 0.1) is 12.1 Å². The number of halogens is 1. The van der Waals surface area contributed by atoms with Gasteiger partial charge in [-0.2, -0.15) is 0 Å². The average Bonchev–Trinajstić information content (AvgIpc) is 3.04. The van der Waals surface area contributed by atoms with Gasteiger partial charge in [-0.15, -0.1) is 23.1 Å². The Morgan fingerprint density at radius 1 is 1.20 bits per heavy atom. The second-order valence-electron chi connectivity index (χ2n) is 5.52. The zero-order valence-electron chi connectivity index (χ0n) is 13.7. The molecular weight excluding hydrogens is 355 g/mol. The van der Waals surface area contributed by atoms with E-state index in [1.54, 1.807) is 23.9 Å². The fraction of sp³-hybridized carbons (Fsp3) is 0.158. The number of hydrogen-bond acceptors (Lipinski definition) is 4. The smallest absolute Gasteiger partial charge is 0.231 e. The lowest BCUT2D eigenvalue weighted by Gasteiger charge is -2.06. The molecule has 3 rings (SSSR count). The van der Waals surface area contributed by atoms with Crippen molar-refractivity contribution in [1.82, 2.24) is 4.98 Å². The molecule has 0 bridgehead atoms. The Bertz CT molecular complexity index is 862. The van der Waals surface area contributed by atoms with Crippen LogP contribution in [0.15, 0.2) is 58.8 Å². The summed E-state index contributed by atoms with van der Waals surface area (Å²) in [5.74, 6) is 0.392. The minimum absolute atomic E-state index is 0.0682. The normalized spacial score (nSPS) is 10.6. The third kappa shape index (κ3) is 5.14. The summed E-state index contributed by atoms with van der Waals surface area (Å²) in [7, 11) is 0. The van der Waals surface area contributed by atoms with E-state index in [1.807, 2.05) is 36.6 Å². The second-order valence-corrected chi connectivity index (χ2v) is 7.51. The Labute approximate surface area is 154 Å². The van der Waals surface area contributed by atoms with Crippen LogP contribution in [0.1, 0.15) is 16.3 Å². The van der Waals surface area contributed by atoms with Crippen molar-refractivity contribution in [2.45, 2.75) is 24.0 Å². The molecule has 0 saturated carbocycles. The Kier molecular flexibility index (Phi) is 5.83. The molecular formula is C19H17FN2OS2. The highest BCUT2D eigenvalue weighted by Crippen LogP contribution is 2.24. The number of carbonyl (C=O) groups excluding carboxylic acids is 1. The van der Waals surface area contributed by atoms with Crippen LogP contribution in [0.5, 0.6) is 0 Å². The average molecular weight is 372 g/mol. The molecule has 3 aromatic rings. The molecule has 2 aromatic carbocycles. The fourth-order valence-corrected chi connectivity index (χ4v) is 3.92. The third-order valence-corrected chi connectivity index (χ3v) is 5.47. The highest BCUT2D eigenvalue weighted by atomic mass is 32.2. The van der Waals surface area contributed by atoms with Gasteiger partial charge in [-0.3, -0.25) is 4.79 Å². The molecule has 0 fully saturated rings. The van der Waals surface area contributed by atoms with E-state index in [4.69, 9.17) is 0 Å². The van der Waals surface area contributed by atoms with Gasteiger partial charge in [-0.1, -0.05) is 18.2 Å². The van der Waals surface area contributed by atoms with Crippen LogP contribution in [0.2, 0.25) is 0 Å². The molecule has 0 aliphatic heterocycles. The molecule has 1 aromatic heterocycles. The van der Waals surface area contributed by atoms with Crippen molar-refractivity contribution in [2.24, 2.45) is 0 Å². The van der Waals surface area contributed by atoms with Gasteiger partial charge in [0.25, 0.3) is 0 Å². The summed E-state index contributed by atoms with van der Waals surface area (Å²) in [4.78, 5) is 17.7. The summed E-state index contributed by atoms with van der Waals surface area (Å²) in [6.07, 6.45) is 0.264. The summed E-state index contributed by atoms with van der Waals surface area (Å²) in [5, 5.41) is 5.68. The topological polar surface area (TPSA) is 42.0 Å². The molecule has 0 spiro atoms. The summed E-state index contributed by atoms with van der Waals surface area (Å²) in [5.41, 5.74) is 2.79. The molecule has 1 heterocycles. The molecule has 0 aliphatic rings. The standard InChI is InChI=1S/C19H17FN2OS2/c1-13-4-2-3-5-17(13)22-18(23)10-19-21-15(12-25-19)11-24-16-8-6-14(20)7-9-16/h2-9,12H,10-11H2,1H3,(H,22,23). The number of thiazole rings is 1. The highest BCUT2D eigenvalue weighted by Gasteiger charge is 2.10. The number of aromatic nitrogens is 1. The quantitative estimate of drug-likeness (QED) is 0.615. The molecule has 0 saturated heterocycles. The molecule has 0 aliphatic carbocycles. The van der Waals surface area contributed by atoms with Crippen molar-refractivity contribution in [1.29, 1.82) is 0 Å². The molecule has 6 heteroatoms. The fourth-order valence-electron chi connectivity index (χ4n) is 2.23. The third-order valence-electron chi connectivity index (χ3n) is 3.53. The van der Waals surface area contributed by atoms with E-state index in [9.17, 15) is 9.18 Å². The van der Waals surface area contributed by atoms with Gasteiger partial charge in [0.2, 0.25) is 5.91 Å². The molecule has 0 radical (unpaired) electrons. The predicted molar refractivity (Wildman–Crippen MR) is 102 cm³/mol. The molecule has 25 heavy (non-hydrogen) atoms. The number of nitrogens with one attached hydrogen (secondary N) is 1. The number of benzene rings is 2. The van der Waals surface area contributed by atoms with Gasteiger partial charge in [0, 0.05) is 21.7 Å². The van der Waals surface area contributed by atoms with Crippen molar-refractivity contribution in [3.05, 3.63) is 76.0 Å².